The van der Waals surface area contributed by atoms with E-state index in [1.807, 2.05) is 0 Å². The van der Waals surface area contributed by atoms with E-state index in [4.69, 9.17) is 0 Å². The van der Waals surface area contributed by atoms with Crippen LogP contribution in [0, 0.1) is 0 Å². The summed E-state index contributed by atoms with van der Waals surface area (Å²) in [6.07, 6.45) is 3.50. The summed E-state index contributed by atoms with van der Waals surface area (Å²) >= 11 is 0. The lowest BCUT2D eigenvalue weighted by Crippen LogP contribution is -2.11. The summed E-state index contributed by atoms with van der Waals surface area (Å²) in [5.74, 6) is 0.603. The standard InChI is InChI=1S/C11H11N3O3S/c15-7-8-3-4-10-12-13-11(14(10)6-8)9-2-1-5-18(9,16)17/h3-4,6-7,9H,1-2,5H2. The molecule has 0 bridgehead atoms. The Morgan fingerprint density at radius 1 is 1.33 bits per heavy atom. The number of aldehydes is 1. The fourth-order valence-electron chi connectivity index (χ4n) is 2.30. The fraction of sp³-hybridized carbons (Fsp3) is 0.364. The van der Waals surface area contributed by atoms with E-state index in [0.717, 1.165) is 0 Å². The molecular formula is C11H11N3O3S. The molecule has 1 aliphatic heterocycles. The van der Waals surface area contributed by atoms with Crippen LogP contribution in [0.5, 0.6) is 0 Å². The van der Waals surface area contributed by atoms with E-state index in [1.54, 1.807) is 22.7 Å². The van der Waals surface area contributed by atoms with E-state index in [2.05, 4.69) is 10.2 Å². The van der Waals surface area contributed by atoms with E-state index in [-0.39, 0.29) is 5.75 Å². The molecule has 0 spiro atoms. The predicted molar refractivity (Wildman–Crippen MR) is 64.1 cm³/mol. The van der Waals surface area contributed by atoms with Crippen LogP contribution in [0.3, 0.4) is 0 Å². The van der Waals surface area contributed by atoms with Crippen LogP contribution < -0.4 is 0 Å². The van der Waals surface area contributed by atoms with Gasteiger partial charge in [-0.25, -0.2) is 8.42 Å². The quantitative estimate of drug-likeness (QED) is 0.750. The molecule has 1 atom stereocenters. The first kappa shape index (κ1) is 11.3. The molecule has 0 aromatic carbocycles. The molecule has 1 aliphatic rings. The molecule has 2 aromatic rings. The molecule has 3 heterocycles. The van der Waals surface area contributed by atoms with E-state index in [0.29, 0.717) is 36.2 Å². The lowest BCUT2D eigenvalue weighted by molar-refractivity contribution is 0.112. The van der Waals surface area contributed by atoms with Gasteiger partial charge < -0.3 is 0 Å². The monoisotopic (exact) mass is 265 g/mol. The summed E-state index contributed by atoms with van der Waals surface area (Å²) in [6.45, 7) is 0. The minimum atomic E-state index is -3.13. The number of fused-ring (bicyclic) bond motifs is 1. The van der Waals surface area contributed by atoms with Crippen molar-refractivity contribution in [2.75, 3.05) is 5.75 Å². The highest BCUT2D eigenvalue weighted by Gasteiger charge is 2.36. The molecule has 1 saturated heterocycles. The number of carbonyl (C=O) groups excluding carboxylic acids is 1. The molecular weight excluding hydrogens is 254 g/mol. The molecule has 0 N–H and O–H groups in total. The van der Waals surface area contributed by atoms with Crippen molar-refractivity contribution in [3.05, 3.63) is 29.7 Å². The maximum atomic E-state index is 11.9. The second-order valence-electron chi connectivity index (χ2n) is 4.36. The van der Waals surface area contributed by atoms with E-state index < -0.39 is 15.1 Å². The average Bonchev–Trinajstić information content (AvgIpc) is 2.90. The van der Waals surface area contributed by atoms with Crippen LogP contribution in [-0.2, 0) is 9.84 Å². The Labute approximate surface area is 104 Å². The molecule has 1 unspecified atom stereocenters. The van der Waals surface area contributed by atoms with Crippen LogP contribution in [0.4, 0.5) is 0 Å². The van der Waals surface area contributed by atoms with Crippen molar-refractivity contribution in [1.82, 2.24) is 14.6 Å². The third kappa shape index (κ3) is 1.62. The van der Waals surface area contributed by atoms with Crippen LogP contribution in [0.15, 0.2) is 18.3 Å². The smallest absolute Gasteiger partial charge is 0.160 e. The molecule has 0 amide bonds. The summed E-state index contributed by atoms with van der Waals surface area (Å²) in [5.41, 5.74) is 1.02. The topological polar surface area (TPSA) is 81.4 Å². The molecule has 2 aromatic heterocycles. The zero-order chi connectivity index (χ0) is 12.8. The second kappa shape index (κ2) is 3.88. The highest BCUT2D eigenvalue weighted by atomic mass is 32.2. The van der Waals surface area contributed by atoms with Crippen LogP contribution in [0.1, 0.15) is 34.3 Å². The first-order valence-electron chi connectivity index (χ1n) is 5.63. The average molecular weight is 265 g/mol. The number of hydrogen-bond donors (Lipinski definition) is 0. The zero-order valence-electron chi connectivity index (χ0n) is 9.48. The largest absolute Gasteiger partial charge is 0.298 e. The van der Waals surface area contributed by atoms with Gasteiger partial charge in [0.15, 0.2) is 27.6 Å². The van der Waals surface area contributed by atoms with Crippen molar-refractivity contribution in [1.29, 1.82) is 0 Å². The Kier molecular flexibility index (Phi) is 2.44. The second-order valence-corrected chi connectivity index (χ2v) is 6.67. The van der Waals surface area contributed by atoms with Crippen molar-refractivity contribution in [3.63, 3.8) is 0 Å². The maximum Gasteiger partial charge on any atom is 0.160 e. The maximum absolute atomic E-state index is 11.9. The van der Waals surface area contributed by atoms with Crippen molar-refractivity contribution >= 4 is 21.8 Å². The highest BCUT2D eigenvalue weighted by molar-refractivity contribution is 7.91. The molecule has 7 heteroatoms. The molecule has 0 radical (unpaired) electrons. The molecule has 6 nitrogen and oxygen atoms in total. The minimum Gasteiger partial charge on any atom is -0.298 e. The van der Waals surface area contributed by atoms with Gasteiger partial charge in [0, 0.05) is 11.8 Å². The van der Waals surface area contributed by atoms with Crippen LogP contribution in [-0.4, -0.2) is 35.1 Å². The van der Waals surface area contributed by atoms with Crippen LogP contribution in [0.25, 0.3) is 5.65 Å². The van der Waals surface area contributed by atoms with Gasteiger partial charge in [-0.3, -0.25) is 9.20 Å². The Hall–Kier alpha value is -1.76. The first-order chi connectivity index (χ1) is 8.62. The number of hydrogen-bond acceptors (Lipinski definition) is 5. The summed E-state index contributed by atoms with van der Waals surface area (Å²) in [4.78, 5) is 10.8. The van der Waals surface area contributed by atoms with Crippen molar-refractivity contribution < 1.29 is 13.2 Å². The van der Waals surface area contributed by atoms with Gasteiger partial charge in [-0.1, -0.05) is 0 Å². The summed E-state index contributed by atoms with van der Waals surface area (Å²) in [5, 5.41) is 7.30. The van der Waals surface area contributed by atoms with Gasteiger partial charge in [0.25, 0.3) is 0 Å². The summed E-state index contributed by atoms with van der Waals surface area (Å²) in [7, 11) is -3.13. The lowest BCUT2D eigenvalue weighted by Gasteiger charge is -2.07. The van der Waals surface area contributed by atoms with E-state index >= 15 is 0 Å². The zero-order valence-corrected chi connectivity index (χ0v) is 10.3. The van der Waals surface area contributed by atoms with E-state index in [9.17, 15) is 13.2 Å². The molecule has 94 valence electrons. The Morgan fingerprint density at radius 3 is 2.83 bits per heavy atom. The normalized spacial score (nSPS) is 22.3. The molecule has 0 aliphatic carbocycles. The number of sulfone groups is 1. The molecule has 3 rings (SSSR count). The van der Waals surface area contributed by atoms with Gasteiger partial charge in [0.05, 0.1) is 5.75 Å². The van der Waals surface area contributed by atoms with Gasteiger partial charge >= 0.3 is 0 Å². The molecule has 1 fully saturated rings. The SMILES string of the molecule is O=Cc1ccc2nnc(C3CCCS3(=O)=O)n2c1. The fourth-order valence-corrected chi connectivity index (χ4v) is 4.16. The van der Waals surface area contributed by atoms with E-state index in [1.165, 1.54) is 0 Å². The van der Waals surface area contributed by atoms with Crippen molar-refractivity contribution in [2.24, 2.45) is 0 Å². The van der Waals surface area contributed by atoms with Gasteiger partial charge in [0.1, 0.15) is 5.25 Å². The van der Waals surface area contributed by atoms with Crippen LogP contribution in [0.2, 0.25) is 0 Å². The highest BCUT2D eigenvalue weighted by Crippen LogP contribution is 2.33. The first-order valence-corrected chi connectivity index (χ1v) is 7.35. The third-order valence-corrected chi connectivity index (χ3v) is 5.38. The summed E-state index contributed by atoms with van der Waals surface area (Å²) in [6, 6.07) is 3.28. The Balaban J connectivity index is 2.20. The molecule has 18 heavy (non-hydrogen) atoms. The van der Waals surface area contributed by atoms with Gasteiger partial charge in [0.2, 0.25) is 0 Å². The van der Waals surface area contributed by atoms with Gasteiger partial charge in [-0.05, 0) is 25.0 Å². The summed E-state index contributed by atoms with van der Waals surface area (Å²) < 4.78 is 25.4. The number of rotatable bonds is 2. The Morgan fingerprint density at radius 2 is 2.17 bits per heavy atom. The lowest BCUT2D eigenvalue weighted by atomic mass is 10.2. The molecule has 0 saturated carbocycles. The number of aromatic nitrogens is 3. The number of carbonyl (C=O) groups is 1. The number of pyridine rings is 1. The third-order valence-electron chi connectivity index (χ3n) is 3.20. The minimum absolute atomic E-state index is 0.194. The van der Waals surface area contributed by atoms with Gasteiger partial charge in [-0.2, -0.15) is 0 Å². The van der Waals surface area contributed by atoms with Crippen molar-refractivity contribution in [2.45, 2.75) is 18.1 Å². The Bertz CT molecular complexity index is 720. The number of nitrogens with zero attached hydrogens (tertiary/aromatic N) is 3. The van der Waals surface area contributed by atoms with Crippen LogP contribution >= 0.6 is 0 Å². The van der Waals surface area contributed by atoms with Crippen molar-refractivity contribution in [3.8, 4) is 0 Å². The predicted octanol–water partition coefficient (Wildman–Crippen LogP) is 0.792. The van der Waals surface area contributed by atoms with Gasteiger partial charge in [-0.15, -0.1) is 10.2 Å².